The average molecular weight is 532 g/mol. The van der Waals surface area contributed by atoms with Gasteiger partial charge in [0, 0.05) is 36.7 Å². The Hall–Kier alpha value is -3.71. The molecule has 1 heterocycles. The Balaban J connectivity index is 1.45. The average Bonchev–Trinajstić information content (AvgIpc) is 2.93. The summed E-state index contributed by atoms with van der Waals surface area (Å²) in [6.07, 6.45) is 7.96. The van der Waals surface area contributed by atoms with Gasteiger partial charge in [0.1, 0.15) is 11.6 Å². The van der Waals surface area contributed by atoms with Gasteiger partial charge in [-0.2, -0.15) is 0 Å². The third kappa shape index (κ3) is 7.03. The molecule has 0 unspecified atom stereocenters. The van der Waals surface area contributed by atoms with E-state index in [2.05, 4.69) is 24.8 Å². The topological polar surface area (TPSA) is 75.9 Å². The first-order valence-corrected chi connectivity index (χ1v) is 13.6. The molecular weight excluding hydrogens is 493 g/mol. The molecule has 1 fully saturated rings. The maximum Gasteiger partial charge on any atom is 0.260 e. The van der Waals surface area contributed by atoms with E-state index in [1.54, 1.807) is 24.1 Å². The molecule has 1 amide bonds. The van der Waals surface area contributed by atoms with E-state index in [4.69, 9.17) is 10.5 Å². The Kier molecular flexibility index (Phi) is 9.36. The maximum absolute atomic E-state index is 13.9. The van der Waals surface area contributed by atoms with Crippen LogP contribution in [-0.4, -0.2) is 49.9 Å². The fraction of sp³-hybridized carbons (Fsp3) is 0.375. The van der Waals surface area contributed by atoms with E-state index in [9.17, 15) is 14.0 Å². The van der Waals surface area contributed by atoms with Crippen LogP contribution in [0.15, 0.2) is 83.6 Å². The van der Waals surface area contributed by atoms with Gasteiger partial charge in [0.15, 0.2) is 5.78 Å². The fourth-order valence-corrected chi connectivity index (χ4v) is 5.26. The molecule has 2 N–H and O–H groups in total. The normalized spacial score (nSPS) is 17.6. The van der Waals surface area contributed by atoms with E-state index in [1.165, 1.54) is 12.1 Å². The van der Waals surface area contributed by atoms with Crippen LogP contribution in [0, 0.1) is 17.7 Å². The van der Waals surface area contributed by atoms with Crippen LogP contribution in [0.4, 0.5) is 10.1 Å². The van der Waals surface area contributed by atoms with Crippen molar-refractivity contribution in [2.24, 2.45) is 17.6 Å². The number of halogens is 1. The van der Waals surface area contributed by atoms with Crippen molar-refractivity contribution in [3.63, 3.8) is 0 Å². The monoisotopic (exact) mass is 531 g/mol. The molecule has 2 aromatic carbocycles. The summed E-state index contributed by atoms with van der Waals surface area (Å²) in [5, 5.41) is 0. The molecule has 1 aliphatic heterocycles. The van der Waals surface area contributed by atoms with Crippen LogP contribution in [0.25, 0.3) is 0 Å². The number of ketones is 1. The number of rotatable bonds is 9. The Morgan fingerprint density at radius 2 is 1.79 bits per heavy atom. The Labute approximate surface area is 230 Å². The summed E-state index contributed by atoms with van der Waals surface area (Å²) in [4.78, 5) is 30.8. The first-order chi connectivity index (χ1) is 18.8. The summed E-state index contributed by atoms with van der Waals surface area (Å²) in [6, 6.07) is 13.3. The number of carbonyl (C=O) groups excluding carboxylic acids is 2. The quantitative estimate of drug-likeness (QED) is 0.432. The van der Waals surface area contributed by atoms with E-state index >= 15 is 0 Å². The summed E-state index contributed by atoms with van der Waals surface area (Å²) in [7, 11) is 1.60. The van der Waals surface area contributed by atoms with Gasteiger partial charge in [0.05, 0.1) is 18.4 Å². The molecule has 0 radical (unpaired) electrons. The minimum Gasteiger partial charge on any atom is -0.495 e. The number of nitrogens with two attached hydrogens (primary N) is 1. The number of allylic oxidation sites excluding steroid dienone is 3. The van der Waals surface area contributed by atoms with Crippen molar-refractivity contribution in [2.75, 3.05) is 38.2 Å². The number of carbonyl (C=O) groups is 2. The second kappa shape index (κ2) is 12.9. The summed E-state index contributed by atoms with van der Waals surface area (Å²) in [6.45, 7) is 6.84. The molecule has 2 aliphatic rings. The van der Waals surface area contributed by atoms with E-state index in [0.717, 1.165) is 31.5 Å². The Bertz CT molecular complexity index is 1270. The first kappa shape index (κ1) is 28.3. The zero-order valence-corrected chi connectivity index (χ0v) is 23.0. The number of methoxy groups -OCH3 is 1. The van der Waals surface area contributed by atoms with Crippen molar-refractivity contribution in [3.8, 4) is 5.75 Å². The van der Waals surface area contributed by atoms with Crippen LogP contribution in [0.3, 0.4) is 0 Å². The van der Waals surface area contributed by atoms with Gasteiger partial charge in [-0.3, -0.25) is 9.59 Å². The summed E-state index contributed by atoms with van der Waals surface area (Å²) in [5.41, 5.74) is 9.85. The van der Waals surface area contributed by atoms with E-state index in [-0.39, 0.29) is 23.4 Å². The summed E-state index contributed by atoms with van der Waals surface area (Å²) in [5.74, 6) is 0.507. The molecule has 2 aromatic rings. The minimum absolute atomic E-state index is 0.0675. The lowest BCUT2D eigenvalue weighted by Gasteiger charge is -2.34. The van der Waals surface area contributed by atoms with Crippen molar-refractivity contribution >= 4 is 17.4 Å². The van der Waals surface area contributed by atoms with E-state index in [0.29, 0.717) is 53.7 Å². The van der Waals surface area contributed by atoms with Gasteiger partial charge in [-0.25, -0.2) is 4.39 Å². The highest BCUT2D eigenvalue weighted by atomic mass is 19.1. The van der Waals surface area contributed by atoms with Gasteiger partial charge >= 0.3 is 0 Å². The van der Waals surface area contributed by atoms with Gasteiger partial charge in [0.25, 0.3) is 5.91 Å². The molecular formula is C32H38FN3O3. The largest absolute Gasteiger partial charge is 0.495 e. The lowest BCUT2D eigenvalue weighted by molar-refractivity contribution is -0.115. The number of benzene rings is 2. The number of Topliss-reactive ketones (excluding diaryl/α,β-unsaturated/α-hetero) is 1. The standard InChI is InChI=1S/C32H38FN3O3/c1-22(2)20-23-8-13-27(28(34)21-23)32(38)36(29-6-4-5-7-30(29)39-3)19-18-35-16-14-25(15-17-35)31(37)24-9-11-26(33)12-10-24/h4-13,20,22,25H,14-19,21,34H2,1-3H3. The molecule has 39 heavy (non-hydrogen) atoms. The number of piperidine rings is 1. The number of hydrogen-bond donors (Lipinski definition) is 1. The molecule has 0 spiro atoms. The minimum atomic E-state index is -0.343. The van der Waals surface area contributed by atoms with Crippen molar-refractivity contribution in [1.82, 2.24) is 4.90 Å². The lowest BCUT2D eigenvalue weighted by atomic mass is 9.89. The SMILES string of the molecule is COc1ccccc1N(CCN1CCC(C(=O)c2ccc(F)cc2)CC1)C(=O)C1=C(N)CC(=CC(C)C)C=C1. The van der Waals surface area contributed by atoms with Gasteiger partial charge < -0.3 is 20.3 Å². The van der Waals surface area contributed by atoms with Gasteiger partial charge in [0.2, 0.25) is 0 Å². The van der Waals surface area contributed by atoms with Crippen LogP contribution >= 0.6 is 0 Å². The molecule has 1 aliphatic carbocycles. The number of nitrogens with zero attached hydrogens (tertiary/aromatic N) is 2. The molecule has 6 nitrogen and oxygen atoms in total. The van der Waals surface area contributed by atoms with Gasteiger partial charge in [-0.05, 0) is 79.9 Å². The lowest BCUT2D eigenvalue weighted by Crippen LogP contribution is -2.43. The number of anilines is 1. The van der Waals surface area contributed by atoms with Crippen LogP contribution < -0.4 is 15.4 Å². The number of likely N-dealkylation sites (tertiary alicyclic amines) is 1. The first-order valence-electron chi connectivity index (χ1n) is 13.6. The third-order valence-corrected chi connectivity index (χ3v) is 7.33. The van der Waals surface area contributed by atoms with Gasteiger partial charge in [-0.1, -0.05) is 38.1 Å². The summed E-state index contributed by atoms with van der Waals surface area (Å²) < 4.78 is 18.8. The smallest absolute Gasteiger partial charge is 0.260 e. The van der Waals surface area contributed by atoms with Crippen LogP contribution in [0.2, 0.25) is 0 Å². The maximum atomic E-state index is 13.9. The molecule has 0 atom stereocenters. The third-order valence-electron chi connectivity index (χ3n) is 7.33. The van der Waals surface area contributed by atoms with Crippen LogP contribution in [0.1, 0.15) is 43.5 Å². The Morgan fingerprint density at radius 3 is 2.44 bits per heavy atom. The molecule has 7 heteroatoms. The van der Waals surface area contributed by atoms with Gasteiger partial charge in [-0.15, -0.1) is 0 Å². The summed E-state index contributed by atoms with van der Waals surface area (Å²) >= 11 is 0. The number of para-hydroxylation sites is 2. The fourth-order valence-electron chi connectivity index (χ4n) is 5.26. The molecule has 0 aromatic heterocycles. The molecule has 4 rings (SSSR count). The van der Waals surface area contributed by atoms with Crippen LogP contribution in [0.5, 0.6) is 5.75 Å². The van der Waals surface area contributed by atoms with Crippen LogP contribution in [-0.2, 0) is 4.79 Å². The second-order valence-corrected chi connectivity index (χ2v) is 10.6. The van der Waals surface area contributed by atoms with Crippen molar-refractivity contribution in [3.05, 3.63) is 95.0 Å². The highest BCUT2D eigenvalue weighted by Gasteiger charge is 2.28. The highest BCUT2D eigenvalue weighted by Crippen LogP contribution is 2.31. The molecule has 0 saturated carbocycles. The number of amides is 1. The number of ether oxygens (including phenoxy) is 1. The zero-order chi connectivity index (χ0) is 27.9. The Morgan fingerprint density at radius 1 is 1.10 bits per heavy atom. The predicted molar refractivity (Wildman–Crippen MR) is 153 cm³/mol. The van der Waals surface area contributed by atoms with E-state index in [1.807, 2.05) is 36.4 Å². The van der Waals surface area contributed by atoms with Crippen molar-refractivity contribution in [2.45, 2.75) is 33.1 Å². The zero-order valence-electron chi connectivity index (χ0n) is 23.0. The van der Waals surface area contributed by atoms with E-state index < -0.39 is 0 Å². The highest BCUT2D eigenvalue weighted by molar-refractivity contribution is 6.09. The predicted octanol–water partition coefficient (Wildman–Crippen LogP) is 5.52. The number of hydrogen-bond acceptors (Lipinski definition) is 5. The second-order valence-electron chi connectivity index (χ2n) is 10.6. The van der Waals surface area contributed by atoms with Crippen molar-refractivity contribution in [1.29, 1.82) is 0 Å². The van der Waals surface area contributed by atoms with Crippen molar-refractivity contribution < 1.29 is 18.7 Å². The molecule has 0 bridgehead atoms. The molecule has 206 valence electrons. The molecule has 1 saturated heterocycles.